The molecule has 3 heteroatoms. The van der Waals surface area contributed by atoms with Gasteiger partial charge in [-0.05, 0) is 39.0 Å². The minimum Gasteiger partial charge on any atom is -0.390 e. The van der Waals surface area contributed by atoms with E-state index in [1.54, 1.807) is 7.11 Å². The van der Waals surface area contributed by atoms with E-state index in [1.165, 1.54) is 6.42 Å². The quantitative estimate of drug-likeness (QED) is 0.713. The van der Waals surface area contributed by atoms with Crippen molar-refractivity contribution in [3.8, 4) is 0 Å². The van der Waals surface area contributed by atoms with Crippen molar-refractivity contribution in [2.24, 2.45) is 0 Å². The van der Waals surface area contributed by atoms with Crippen LogP contribution in [-0.2, 0) is 9.47 Å². The van der Waals surface area contributed by atoms with Gasteiger partial charge in [0, 0.05) is 20.3 Å². The maximum atomic E-state index is 9.97. The molecule has 0 saturated carbocycles. The highest BCUT2D eigenvalue weighted by Crippen LogP contribution is 2.23. The number of methoxy groups -OCH3 is 1. The molecule has 1 saturated heterocycles. The van der Waals surface area contributed by atoms with Gasteiger partial charge in [-0.2, -0.15) is 0 Å². The average Bonchev–Trinajstić information content (AvgIpc) is 2.64. The smallest absolute Gasteiger partial charge is 0.0642 e. The van der Waals surface area contributed by atoms with Gasteiger partial charge in [0.1, 0.15) is 0 Å². The lowest BCUT2D eigenvalue weighted by molar-refractivity contribution is 0.00111. The summed E-state index contributed by atoms with van der Waals surface area (Å²) in [6.07, 6.45) is 5.18. The molecule has 1 N–H and O–H groups in total. The predicted molar refractivity (Wildman–Crippen MR) is 55.3 cm³/mol. The highest BCUT2D eigenvalue weighted by Gasteiger charge is 2.23. The third-order valence-corrected chi connectivity index (χ3v) is 2.87. The maximum absolute atomic E-state index is 9.97. The van der Waals surface area contributed by atoms with Crippen LogP contribution in [0.5, 0.6) is 0 Å². The first-order chi connectivity index (χ1) is 6.64. The van der Waals surface area contributed by atoms with E-state index in [2.05, 4.69) is 0 Å². The molecule has 1 heterocycles. The molecule has 1 aliphatic heterocycles. The van der Waals surface area contributed by atoms with Crippen LogP contribution in [-0.4, -0.2) is 37.1 Å². The molecule has 14 heavy (non-hydrogen) atoms. The molecule has 2 atom stereocenters. The Labute approximate surface area is 86.4 Å². The zero-order chi connectivity index (χ0) is 10.4. The predicted octanol–water partition coefficient (Wildman–Crippen LogP) is 1.73. The second-order valence-electron chi connectivity index (χ2n) is 4.41. The molecule has 0 aromatic rings. The van der Waals surface area contributed by atoms with E-state index in [9.17, 15) is 5.11 Å². The van der Waals surface area contributed by atoms with Gasteiger partial charge in [-0.15, -0.1) is 0 Å². The molecular weight excluding hydrogens is 180 g/mol. The Morgan fingerprint density at radius 1 is 1.50 bits per heavy atom. The summed E-state index contributed by atoms with van der Waals surface area (Å²) < 4.78 is 10.5. The number of hydrogen-bond donors (Lipinski definition) is 1. The summed E-state index contributed by atoms with van der Waals surface area (Å²) >= 11 is 0. The van der Waals surface area contributed by atoms with Crippen molar-refractivity contribution in [1.29, 1.82) is 0 Å². The largest absolute Gasteiger partial charge is 0.390 e. The lowest BCUT2D eigenvalue weighted by atomic mass is 9.94. The third-order valence-electron chi connectivity index (χ3n) is 2.87. The molecule has 0 aromatic carbocycles. The van der Waals surface area contributed by atoms with Crippen LogP contribution in [0.3, 0.4) is 0 Å². The lowest BCUT2D eigenvalue weighted by Crippen LogP contribution is -2.27. The monoisotopic (exact) mass is 202 g/mol. The van der Waals surface area contributed by atoms with E-state index < -0.39 is 5.60 Å². The van der Waals surface area contributed by atoms with E-state index in [0.29, 0.717) is 19.1 Å². The second-order valence-corrected chi connectivity index (χ2v) is 4.41. The van der Waals surface area contributed by atoms with Gasteiger partial charge in [-0.3, -0.25) is 0 Å². The number of rotatable bonds is 6. The van der Waals surface area contributed by atoms with Gasteiger partial charge in [0.25, 0.3) is 0 Å². The molecule has 0 amide bonds. The normalized spacial score (nSPS) is 26.4. The van der Waals surface area contributed by atoms with Gasteiger partial charge in [0.2, 0.25) is 0 Å². The Morgan fingerprint density at radius 3 is 2.86 bits per heavy atom. The fraction of sp³-hybridized carbons (Fsp3) is 1.00. The molecule has 1 fully saturated rings. The molecule has 0 aromatic heterocycles. The van der Waals surface area contributed by atoms with Gasteiger partial charge < -0.3 is 14.6 Å². The first kappa shape index (κ1) is 12.0. The molecular formula is C11H22O3. The topological polar surface area (TPSA) is 38.7 Å². The third kappa shape index (κ3) is 4.40. The van der Waals surface area contributed by atoms with Crippen LogP contribution in [0, 0.1) is 0 Å². The molecule has 0 radical (unpaired) electrons. The Balaban J connectivity index is 2.14. The first-order valence-electron chi connectivity index (χ1n) is 5.47. The van der Waals surface area contributed by atoms with Crippen LogP contribution < -0.4 is 0 Å². The summed E-state index contributed by atoms with van der Waals surface area (Å²) in [7, 11) is 1.66. The zero-order valence-electron chi connectivity index (χ0n) is 9.29. The zero-order valence-corrected chi connectivity index (χ0v) is 9.29. The van der Waals surface area contributed by atoms with Crippen molar-refractivity contribution < 1.29 is 14.6 Å². The van der Waals surface area contributed by atoms with Crippen LogP contribution in [0.25, 0.3) is 0 Å². The van der Waals surface area contributed by atoms with Gasteiger partial charge >= 0.3 is 0 Å². The van der Waals surface area contributed by atoms with Crippen LogP contribution >= 0.6 is 0 Å². The van der Waals surface area contributed by atoms with Gasteiger partial charge in [-0.25, -0.2) is 0 Å². The lowest BCUT2D eigenvalue weighted by Gasteiger charge is -2.24. The SMILES string of the molecule is COCCC(C)(O)CCC1CCCO1. The Kier molecular flexibility index (Phi) is 4.85. The maximum Gasteiger partial charge on any atom is 0.0642 e. The average molecular weight is 202 g/mol. The first-order valence-corrected chi connectivity index (χ1v) is 5.47. The highest BCUT2D eigenvalue weighted by atomic mass is 16.5. The van der Waals surface area contributed by atoms with Crippen LogP contribution in [0.2, 0.25) is 0 Å². The highest BCUT2D eigenvalue weighted by molar-refractivity contribution is 4.75. The molecule has 0 bridgehead atoms. The Morgan fingerprint density at radius 2 is 2.29 bits per heavy atom. The summed E-state index contributed by atoms with van der Waals surface area (Å²) in [6.45, 7) is 3.39. The molecule has 1 rings (SSSR count). The molecule has 84 valence electrons. The van der Waals surface area contributed by atoms with Crippen molar-refractivity contribution in [3.63, 3.8) is 0 Å². The Hall–Kier alpha value is -0.120. The number of hydrogen-bond acceptors (Lipinski definition) is 3. The van der Waals surface area contributed by atoms with Crippen molar-refractivity contribution in [3.05, 3.63) is 0 Å². The van der Waals surface area contributed by atoms with E-state index in [0.717, 1.165) is 25.9 Å². The molecule has 1 aliphatic rings. The van der Waals surface area contributed by atoms with E-state index in [-0.39, 0.29) is 0 Å². The number of ether oxygens (including phenoxy) is 2. The fourth-order valence-corrected chi connectivity index (χ4v) is 1.79. The minimum absolute atomic E-state index is 0.379. The van der Waals surface area contributed by atoms with Crippen LogP contribution in [0.15, 0.2) is 0 Å². The summed E-state index contributed by atoms with van der Waals surface area (Å²) in [6, 6.07) is 0. The number of aliphatic hydroxyl groups is 1. The second kappa shape index (κ2) is 5.69. The molecule has 0 spiro atoms. The summed E-state index contributed by atoms with van der Waals surface area (Å²) in [5.74, 6) is 0. The van der Waals surface area contributed by atoms with Crippen LogP contribution in [0.1, 0.15) is 39.0 Å². The molecule has 2 unspecified atom stereocenters. The van der Waals surface area contributed by atoms with Crippen molar-refractivity contribution >= 4 is 0 Å². The van der Waals surface area contributed by atoms with Crippen molar-refractivity contribution in [2.75, 3.05) is 20.3 Å². The van der Waals surface area contributed by atoms with Gasteiger partial charge in [-0.1, -0.05) is 0 Å². The fourth-order valence-electron chi connectivity index (χ4n) is 1.79. The van der Waals surface area contributed by atoms with Gasteiger partial charge in [0.05, 0.1) is 11.7 Å². The molecule has 3 nitrogen and oxygen atoms in total. The minimum atomic E-state index is -0.595. The summed E-state index contributed by atoms with van der Waals surface area (Å²) in [4.78, 5) is 0. The van der Waals surface area contributed by atoms with E-state index >= 15 is 0 Å². The van der Waals surface area contributed by atoms with Crippen molar-refractivity contribution in [1.82, 2.24) is 0 Å². The van der Waals surface area contributed by atoms with Crippen molar-refractivity contribution in [2.45, 2.75) is 50.7 Å². The van der Waals surface area contributed by atoms with Gasteiger partial charge in [0.15, 0.2) is 0 Å². The van der Waals surface area contributed by atoms with Crippen LogP contribution in [0.4, 0.5) is 0 Å². The van der Waals surface area contributed by atoms with E-state index in [1.807, 2.05) is 6.92 Å². The van der Waals surface area contributed by atoms with E-state index in [4.69, 9.17) is 9.47 Å². The summed E-state index contributed by atoms with van der Waals surface area (Å²) in [5, 5.41) is 9.97. The Bertz CT molecular complexity index is 151. The molecule has 0 aliphatic carbocycles. The summed E-state index contributed by atoms with van der Waals surface area (Å²) in [5.41, 5.74) is -0.595. The standard InChI is InChI=1S/C11H22O3/c1-11(12,7-9-13-2)6-5-10-4-3-8-14-10/h10,12H,3-9H2,1-2H3.